The van der Waals surface area contributed by atoms with Gasteiger partial charge in [0.2, 0.25) is 11.1 Å². The zero-order chi connectivity index (χ0) is 18.5. The van der Waals surface area contributed by atoms with Crippen LogP contribution in [0, 0.1) is 0 Å². The lowest BCUT2D eigenvalue weighted by molar-refractivity contribution is -0.115. The highest BCUT2D eigenvalue weighted by atomic mass is 35.5. The predicted molar refractivity (Wildman–Crippen MR) is 98.9 cm³/mol. The number of pyridine rings is 1. The topological polar surface area (TPSA) is 94.8 Å². The average molecular weight is 391 g/mol. The SMILES string of the molecule is COc1ccc(-n2nnnc2S[C@H](C)C(=O)Nc2cccnc2Cl)cc1. The van der Waals surface area contributed by atoms with E-state index in [1.165, 1.54) is 11.8 Å². The van der Waals surface area contributed by atoms with Crippen molar-refractivity contribution in [2.24, 2.45) is 0 Å². The molecule has 0 fully saturated rings. The molecule has 0 aliphatic rings. The van der Waals surface area contributed by atoms with Gasteiger partial charge in [-0.3, -0.25) is 4.79 Å². The van der Waals surface area contributed by atoms with Crippen LogP contribution in [0.25, 0.3) is 5.69 Å². The number of methoxy groups -OCH3 is 1. The van der Waals surface area contributed by atoms with Crippen molar-refractivity contribution in [2.75, 3.05) is 12.4 Å². The summed E-state index contributed by atoms with van der Waals surface area (Å²) in [5, 5.41) is 14.7. The van der Waals surface area contributed by atoms with Gasteiger partial charge in [0.25, 0.3) is 0 Å². The third-order valence-electron chi connectivity index (χ3n) is 3.43. The van der Waals surface area contributed by atoms with Crippen LogP contribution in [0.4, 0.5) is 5.69 Å². The molecular formula is C16H15ClN6O2S. The van der Waals surface area contributed by atoms with Gasteiger partial charge in [-0.1, -0.05) is 23.4 Å². The summed E-state index contributed by atoms with van der Waals surface area (Å²) >= 11 is 7.20. The Hall–Kier alpha value is -2.65. The average Bonchev–Trinajstić information content (AvgIpc) is 3.11. The van der Waals surface area contributed by atoms with E-state index in [1.807, 2.05) is 24.3 Å². The number of ether oxygens (including phenoxy) is 1. The second kappa shape index (κ2) is 8.15. The molecule has 1 N–H and O–H groups in total. The van der Waals surface area contributed by atoms with Crippen molar-refractivity contribution in [3.05, 3.63) is 47.7 Å². The Morgan fingerprint density at radius 2 is 2.08 bits per heavy atom. The van der Waals surface area contributed by atoms with Gasteiger partial charge in [-0.25, -0.2) is 4.98 Å². The van der Waals surface area contributed by atoms with Gasteiger partial charge in [0.05, 0.1) is 23.7 Å². The number of tetrazole rings is 1. The summed E-state index contributed by atoms with van der Waals surface area (Å²) in [5.41, 5.74) is 1.22. The maximum Gasteiger partial charge on any atom is 0.237 e. The Morgan fingerprint density at radius 1 is 1.31 bits per heavy atom. The van der Waals surface area contributed by atoms with E-state index in [0.717, 1.165) is 11.4 Å². The van der Waals surface area contributed by atoms with Crippen LogP contribution >= 0.6 is 23.4 Å². The molecule has 0 aliphatic heterocycles. The fourth-order valence-corrected chi connectivity index (χ4v) is 3.04. The largest absolute Gasteiger partial charge is 0.497 e. The lowest BCUT2D eigenvalue weighted by atomic mass is 10.3. The first-order chi connectivity index (χ1) is 12.6. The van der Waals surface area contributed by atoms with E-state index in [1.54, 1.807) is 37.0 Å². The summed E-state index contributed by atoms with van der Waals surface area (Å²) in [5.74, 6) is 0.506. The van der Waals surface area contributed by atoms with Gasteiger partial charge in [-0.15, -0.1) is 5.10 Å². The lowest BCUT2D eigenvalue weighted by Crippen LogP contribution is -2.23. The van der Waals surface area contributed by atoms with Crippen LogP contribution < -0.4 is 10.1 Å². The molecule has 8 nitrogen and oxygen atoms in total. The van der Waals surface area contributed by atoms with Crippen LogP contribution in [-0.2, 0) is 4.79 Å². The summed E-state index contributed by atoms with van der Waals surface area (Å²) in [4.78, 5) is 16.3. The van der Waals surface area contributed by atoms with Crippen molar-refractivity contribution in [2.45, 2.75) is 17.3 Å². The fraction of sp³-hybridized carbons (Fsp3) is 0.188. The standard InChI is InChI=1S/C16H15ClN6O2S/c1-10(15(24)19-13-4-3-9-18-14(13)17)26-16-20-21-22-23(16)11-5-7-12(25-2)8-6-11/h3-10H,1-2H3,(H,19,24)/t10-/m1/s1. The summed E-state index contributed by atoms with van der Waals surface area (Å²) in [6.45, 7) is 1.76. The predicted octanol–water partition coefficient (Wildman–Crippen LogP) is 2.84. The summed E-state index contributed by atoms with van der Waals surface area (Å²) in [6.07, 6.45) is 1.55. The van der Waals surface area contributed by atoms with E-state index >= 15 is 0 Å². The lowest BCUT2D eigenvalue weighted by Gasteiger charge is -2.12. The first-order valence-electron chi connectivity index (χ1n) is 7.59. The molecule has 0 radical (unpaired) electrons. The van der Waals surface area contributed by atoms with E-state index in [2.05, 4.69) is 25.8 Å². The van der Waals surface area contributed by atoms with Crippen molar-refractivity contribution in [3.63, 3.8) is 0 Å². The van der Waals surface area contributed by atoms with Gasteiger partial charge in [0.1, 0.15) is 5.75 Å². The summed E-state index contributed by atoms with van der Waals surface area (Å²) in [7, 11) is 1.60. The van der Waals surface area contributed by atoms with Crippen LogP contribution in [0.2, 0.25) is 5.15 Å². The van der Waals surface area contributed by atoms with E-state index in [-0.39, 0.29) is 11.1 Å². The summed E-state index contributed by atoms with van der Waals surface area (Å²) in [6, 6.07) is 10.7. The molecule has 0 saturated carbocycles. The van der Waals surface area contributed by atoms with E-state index in [0.29, 0.717) is 10.8 Å². The van der Waals surface area contributed by atoms with Crippen LogP contribution in [0.1, 0.15) is 6.92 Å². The molecule has 0 saturated heterocycles. The molecule has 0 spiro atoms. The maximum absolute atomic E-state index is 12.4. The van der Waals surface area contributed by atoms with Gasteiger partial charge < -0.3 is 10.1 Å². The number of thioether (sulfide) groups is 1. The normalized spacial score (nSPS) is 11.8. The minimum atomic E-state index is -0.450. The number of anilines is 1. The fourth-order valence-electron chi connectivity index (χ4n) is 2.06. The number of halogens is 1. The van der Waals surface area contributed by atoms with Crippen LogP contribution in [0.3, 0.4) is 0 Å². The Morgan fingerprint density at radius 3 is 2.77 bits per heavy atom. The molecule has 2 heterocycles. The second-order valence-electron chi connectivity index (χ2n) is 5.16. The number of carbonyl (C=O) groups is 1. The molecule has 10 heteroatoms. The zero-order valence-electron chi connectivity index (χ0n) is 14.0. The van der Waals surface area contributed by atoms with Gasteiger partial charge in [-0.05, 0) is 53.7 Å². The number of rotatable bonds is 6. The number of nitrogens with one attached hydrogen (secondary N) is 1. The number of benzene rings is 1. The monoisotopic (exact) mass is 390 g/mol. The van der Waals surface area contributed by atoms with Gasteiger partial charge >= 0.3 is 0 Å². The molecule has 0 bridgehead atoms. The highest BCUT2D eigenvalue weighted by molar-refractivity contribution is 8.00. The Bertz CT molecular complexity index is 902. The number of hydrogen-bond donors (Lipinski definition) is 1. The zero-order valence-corrected chi connectivity index (χ0v) is 15.5. The Labute approximate surface area is 158 Å². The van der Waals surface area contributed by atoms with Gasteiger partial charge in [0, 0.05) is 6.20 Å². The number of hydrogen-bond acceptors (Lipinski definition) is 7. The minimum absolute atomic E-state index is 0.228. The molecule has 1 amide bonds. The molecule has 1 atom stereocenters. The number of aromatic nitrogens is 5. The van der Waals surface area contributed by atoms with Gasteiger partial charge in [-0.2, -0.15) is 4.68 Å². The van der Waals surface area contributed by atoms with Crippen LogP contribution in [0.5, 0.6) is 5.75 Å². The molecule has 2 aromatic heterocycles. The molecule has 0 unspecified atom stereocenters. The number of amides is 1. The minimum Gasteiger partial charge on any atom is -0.497 e. The molecule has 26 heavy (non-hydrogen) atoms. The quantitative estimate of drug-likeness (QED) is 0.510. The smallest absolute Gasteiger partial charge is 0.237 e. The first-order valence-corrected chi connectivity index (χ1v) is 8.85. The first kappa shape index (κ1) is 18.2. The molecule has 1 aromatic carbocycles. The second-order valence-corrected chi connectivity index (χ2v) is 6.83. The van der Waals surface area contributed by atoms with E-state index in [9.17, 15) is 4.79 Å². The highest BCUT2D eigenvalue weighted by Gasteiger charge is 2.20. The third kappa shape index (κ3) is 4.12. The van der Waals surface area contributed by atoms with Crippen LogP contribution in [0.15, 0.2) is 47.8 Å². The number of carbonyl (C=O) groups excluding carboxylic acids is 1. The van der Waals surface area contributed by atoms with Gasteiger partial charge in [0.15, 0.2) is 5.15 Å². The van der Waals surface area contributed by atoms with Crippen molar-refractivity contribution < 1.29 is 9.53 Å². The Kier molecular flexibility index (Phi) is 5.69. The third-order valence-corrected chi connectivity index (χ3v) is 4.76. The van der Waals surface area contributed by atoms with Crippen molar-refractivity contribution in [1.82, 2.24) is 25.2 Å². The Balaban J connectivity index is 1.72. The molecule has 0 aliphatic carbocycles. The van der Waals surface area contributed by atoms with Crippen molar-refractivity contribution in [1.29, 1.82) is 0 Å². The number of nitrogens with zero attached hydrogens (tertiary/aromatic N) is 5. The van der Waals surface area contributed by atoms with Crippen LogP contribution in [-0.4, -0.2) is 43.5 Å². The molecular weight excluding hydrogens is 376 g/mol. The van der Waals surface area contributed by atoms with Crippen molar-refractivity contribution in [3.8, 4) is 11.4 Å². The molecule has 3 rings (SSSR count). The highest BCUT2D eigenvalue weighted by Crippen LogP contribution is 2.25. The maximum atomic E-state index is 12.4. The summed E-state index contributed by atoms with van der Waals surface area (Å²) < 4.78 is 6.70. The molecule has 3 aromatic rings. The van der Waals surface area contributed by atoms with E-state index < -0.39 is 5.25 Å². The van der Waals surface area contributed by atoms with Crippen molar-refractivity contribution >= 4 is 35.0 Å². The van der Waals surface area contributed by atoms with E-state index in [4.69, 9.17) is 16.3 Å². The molecule has 134 valence electrons.